The maximum absolute atomic E-state index is 13.1. The molecule has 0 spiro atoms. The summed E-state index contributed by atoms with van der Waals surface area (Å²) in [6, 6.07) is 5.66. The van der Waals surface area contributed by atoms with Crippen LogP contribution in [-0.4, -0.2) is 67.1 Å². The van der Waals surface area contributed by atoms with Crippen molar-refractivity contribution < 1.29 is 14.3 Å². The second kappa shape index (κ2) is 10.7. The molecular weight excluding hydrogens is 440 g/mol. The van der Waals surface area contributed by atoms with E-state index < -0.39 is 0 Å². The third kappa shape index (κ3) is 6.45. The molecule has 0 unspecified atom stereocenters. The molecule has 10 heteroatoms. The number of hydrogen-bond donors (Lipinski definition) is 0. The minimum absolute atomic E-state index is 0.0401. The molecule has 4 heterocycles. The summed E-state index contributed by atoms with van der Waals surface area (Å²) in [5.74, 6) is -0.163. The molecule has 0 aromatic carbocycles. The van der Waals surface area contributed by atoms with Gasteiger partial charge in [-0.05, 0) is 31.0 Å². The number of rotatable bonds is 8. The lowest BCUT2D eigenvalue weighted by atomic mass is 10.2. The van der Waals surface area contributed by atoms with E-state index in [2.05, 4.69) is 15.1 Å². The van der Waals surface area contributed by atoms with Crippen molar-refractivity contribution in [2.45, 2.75) is 39.0 Å². The normalized spacial score (nSPS) is 16.8. The molecule has 1 atom stereocenters. The SMILES string of the molecule is Cc1nc(CN2C[C@H](OCc3ccccn3)CN(C(=O)CCc3cnn(C)c3)CC2=O)cs1. The van der Waals surface area contributed by atoms with Gasteiger partial charge in [0.2, 0.25) is 11.8 Å². The fourth-order valence-electron chi connectivity index (χ4n) is 3.80. The zero-order valence-corrected chi connectivity index (χ0v) is 19.7. The minimum atomic E-state index is -0.319. The Hall–Kier alpha value is -3.11. The first-order chi connectivity index (χ1) is 16.0. The van der Waals surface area contributed by atoms with Crippen molar-refractivity contribution in [2.75, 3.05) is 19.6 Å². The Morgan fingerprint density at radius 1 is 1.27 bits per heavy atom. The van der Waals surface area contributed by atoms with Gasteiger partial charge in [0.1, 0.15) is 0 Å². The van der Waals surface area contributed by atoms with Crippen LogP contribution in [0.5, 0.6) is 0 Å². The highest BCUT2D eigenvalue weighted by Gasteiger charge is 2.31. The van der Waals surface area contributed by atoms with Crippen LogP contribution in [0.2, 0.25) is 0 Å². The van der Waals surface area contributed by atoms with Gasteiger partial charge in [0.25, 0.3) is 0 Å². The van der Waals surface area contributed by atoms with E-state index in [0.717, 1.165) is 22.0 Å². The number of carbonyl (C=O) groups excluding carboxylic acids is 2. The van der Waals surface area contributed by atoms with Gasteiger partial charge in [0.05, 0.1) is 48.4 Å². The van der Waals surface area contributed by atoms with Crippen LogP contribution in [0.3, 0.4) is 0 Å². The Morgan fingerprint density at radius 2 is 2.15 bits per heavy atom. The molecule has 3 aromatic rings. The monoisotopic (exact) mass is 468 g/mol. The first-order valence-electron chi connectivity index (χ1n) is 10.9. The zero-order valence-electron chi connectivity index (χ0n) is 18.9. The number of ether oxygens (including phenoxy) is 1. The lowest BCUT2D eigenvalue weighted by molar-refractivity contribution is -0.139. The summed E-state index contributed by atoms with van der Waals surface area (Å²) in [4.78, 5) is 38.2. The summed E-state index contributed by atoms with van der Waals surface area (Å²) in [6.45, 7) is 3.47. The molecule has 2 amide bonds. The molecule has 0 saturated carbocycles. The average molecular weight is 469 g/mol. The number of thiazole rings is 1. The maximum Gasteiger partial charge on any atom is 0.242 e. The second-order valence-electron chi connectivity index (χ2n) is 8.18. The van der Waals surface area contributed by atoms with Crippen molar-refractivity contribution in [3.8, 4) is 0 Å². The van der Waals surface area contributed by atoms with Gasteiger partial charge in [-0.15, -0.1) is 11.3 Å². The predicted octanol–water partition coefficient (Wildman–Crippen LogP) is 1.97. The molecule has 1 saturated heterocycles. The fourth-order valence-corrected chi connectivity index (χ4v) is 4.40. The number of amides is 2. The van der Waals surface area contributed by atoms with Crippen LogP contribution < -0.4 is 0 Å². The van der Waals surface area contributed by atoms with Crippen molar-refractivity contribution in [1.82, 2.24) is 29.5 Å². The zero-order chi connectivity index (χ0) is 23.2. The molecule has 4 rings (SSSR count). The number of nitrogens with zero attached hydrogens (tertiary/aromatic N) is 6. The Morgan fingerprint density at radius 3 is 2.85 bits per heavy atom. The molecule has 1 aliphatic heterocycles. The smallest absolute Gasteiger partial charge is 0.242 e. The summed E-state index contributed by atoms with van der Waals surface area (Å²) in [7, 11) is 1.85. The average Bonchev–Trinajstić information content (AvgIpc) is 3.38. The third-order valence-electron chi connectivity index (χ3n) is 5.48. The topological polar surface area (TPSA) is 93.4 Å². The van der Waals surface area contributed by atoms with Crippen LogP contribution in [0.25, 0.3) is 0 Å². The lowest BCUT2D eigenvalue weighted by Gasteiger charge is -2.24. The molecule has 33 heavy (non-hydrogen) atoms. The van der Waals surface area contributed by atoms with Gasteiger partial charge >= 0.3 is 0 Å². The first kappa shape index (κ1) is 23.1. The van der Waals surface area contributed by atoms with E-state index in [9.17, 15) is 9.59 Å². The fraction of sp³-hybridized carbons (Fsp3) is 0.435. The van der Waals surface area contributed by atoms with Crippen molar-refractivity contribution in [1.29, 1.82) is 0 Å². The highest BCUT2D eigenvalue weighted by Crippen LogP contribution is 2.16. The summed E-state index contributed by atoms with van der Waals surface area (Å²) in [5, 5.41) is 7.08. The van der Waals surface area contributed by atoms with Crippen LogP contribution in [0, 0.1) is 6.92 Å². The number of pyridine rings is 1. The van der Waals surface area contributed by atoms with Gasteiger partial charge in [0.15, 0.2) is 0 Å². The highest BCUT2D eigenvalue weighted by atomic mass is 32.1. The maximum atomic E-state index is 13.1. The Balaban J connectivity index is 1.44. The van der Waals surface area contributed by atoms with Crippen molar-refractivity contribution in [3.63, 3.8) is 0 Å². The third-order valence-corrected chi connectivity index (χ3v) is 6.30. The van der Waals surface area contributed by atoms with Crippen molar-refractivity contribution in [3.05, 3.63) is 64.1 Å². The van der Waals surface area contributed by atoms with E-state index in [1.54, 1.807) is 38.2 Å². The summed E-state index contributed by atoms with van der Waals surface area (Å²) < 4.78 is 7.85. The van der Waals surface area contributed by atoms with E-state index in [4.69, 9.17) is 4.74 Å². The number of carbonyl (C=O) groups is 2. The second-order valence-corrected chi connectivity index (χ2v) is 9.24. The molecule has 0 radical (unpaired) electrons. The van der Waals surface area contributed by atoms with E-state index >= 15 is 0 Å². The van der Waals surface area contributed by atoms with Gasteiger partial charge in [-0.1, -0.05) is 6.07 Å². The van der Waals surface area contributed by atoms with Gasteiger partial charge in [0, 0.05) is 44.3 Å². The Bertz CT molecular complexity index is 1080. The number of aromatic nitrogens is 4. The quantitative estimate of drug-likeness (QED) is 0.502. The summed E-state index contributed by atoms with van der Waals surface area (Å²) >= 11 is 1.56. The van der Waals surface area contributed by atoms with Crippen molar-refractivity contribution in [2.24, 2.45) is 7.05 Å². The van der Waals surface area contributed by atoms with Gasteiger partial charge in [-0.2, -0.15) is 5.10 Å². The molecule has 0 N–H and O–H groups in total. The highest BCUT2D eigenvalue weighted by molar-refractivity contribution is 7.09. The van der Waals surface area contributed by atoms with Gasteiger partial charge in [-0.25, -0.2) is 4.98 Å². The molecule has 1 aliphatic rings. The summed E-state index contributed by atoms with van der Waals surface area (Å²) in [6.07, 6.45) is 5.96. The standard InChI is InChI=1S/C23H28N6O3S/c1-17-26-20(16-33-17)11-28-12-21(32-15-19-5-3-4-8-24-19)13-29(14-23(28)31)22(30)7-6-18-9-25-27(2)10-18/h3-5,8-10,16,21H,6-7,11-15H2,1-2H3/t21-/m0/s1. The van der Waals surface area contributed by atoms with E-state index in [0.29, 0.717) is 39.1 Å². The molecule has 0 aliphatic carbocycles. The van der Waals surface area contributed by atoms with Gasteiger partial charge in [-0.3, -0.25) is 19.3 Å². The first-order valence-corrected chi connectivity index (χ1v) is 11.8. The van der Waals surface area contributed by atoms with Crippen LogP contribution >= 0.6 is 11.3 Å². The van der Waals surface area contributed by atoms with Gasteiger partial charge < -0.3 is 14.5 Å². The lowest BCUT2D eigenvalue weighted by Crippen LogP contribution is -2.39. The van der Waals surface area contributed by atoms with Crippen LogP contribution in [0.1, 0.15) is 28.4 Å². The van der Waals surface area contributed by atoms with Crippen LogP contribution in [0.15, 0.2) is 42.2 Å². The van der Waals surface area contributed by atoms with E-state index in [1.165, 1.54) is 0 Å². The van der Waals surface area contributed by atoms with E-state index in [1.807, 2.05) is 43.7 Å². The number of aryl methyl sites for hydroxylation is 3. The molecular formula is C23H28N6O3S. The molecule has 174 valence electrons. The van der Waals surface area contributed by atoms with Crippen LogP contribution in [0.4, 0.5) is 0 Å². The number of hydrogen-bond acceptors (Lipinski definition) is 7. The molecule has 9 nitrogen and oxygen atoms in total. The Kier molecular flexibility index (Phi) is 7.46. The predicted molar refractivity (Wildman–Crippen MR) is 123 cm³/mol. The Labute approximate surface area is 197 Å². The minimum Gasteiger partial charge on any atom is -0.368 e. The molecule has 0 bridgehead atoms. The van der Waals surface area contributed by atoms with Crippen LogP contribution in [-0.2, 0) is 40.9 Å². The molecule has 3 aromatic heterocycles. The van der Waals surface area contributed by atoms with E-state index in [-0.39, 0.29) is 24.5 Å². The van der Waals surface area contributed by atoms with Crippen molar-refractivity contribution >= 4 is 23.2 Å². The molecule has 1 fully saturated rings. The largest absolute Gasteiger partial charge is 0.368 e. The summed E-state index contributed by atoms with van der Waals surface area (Å²) in [5.41, 5.74) is 2.66.